The lowest BCUT2D eigenvalue weighted by Gasteiger charge is -2.09. The van der Waals surface area contributed by atoms with Crippen molar-refractivity contribution >= 4 is 16.7 Å². The molecule has 0 aromatic heterocycles. The van der Waals surface area contributed by atoms with Gasteiger partial charge < -0.3 is 10.4 Å². The second-order valence-corrected chi connectivity index (χ2v) is 4.20. The van der Waals surface area contributed by atoms with Gasteiger partial charge in [0.05, 0.1) is 6.10 Å². The average Bonchev–Trinajstić information content (AvgIpc) is 2.37. The molecule has 0 saturated carbocycles. The highest BCUT2D eigenvalue weighted by Gasteiger charge is 2.12. The van der Waals surface area contributed by atoms with Gasteiger partial charge in [0, 0.05) is 17.5 Å². The lowest BCUT2D eigenvalue weighted by molar-refractivity contribution is 0.0925. The van der Waals surface area contributed by atoms with Crippen molar-refractivity contribution in [3.05, 3.63) is 47.8 Å². The van der Waals surface area contributed by atoms with Crippen LogP contribution < -0.4 is 5.32 Å². The number of amides is 1. The van der Waals surface area contributed by atoms with Gasteiger partial charge in [0.15, 0.2) is 0 Å². The van der Waals surface area contributed by atoms with Crippen molar-refractivity contribution in [2.24, 2.45) is 0 Å². The van der Waals surface area contributed by atoms with E-state index >= 15 is 0 Å². The molecule has 94 valence electrons. The van der Waals surface area contributed by atoms with Gasteiger partial charge in [-0.15, -0.1) is 0 Å². The maximum atomic E-state index is 13.6. The molecule has 0 radical (unpaired) electrons. The molecule has 2 N–H and O–H groups in total. The molecule has 1 atom stereocenters. The van der Waals surface area contributed by atoms with E-state index in [9.17, 15) is 9.18 Å². The van der Waals surface area contributed by atoms with E-state index in [4.69, 9.17) is 5.11 Å². The fraction of sp³-hybridized carbons (Fsp3) is 0.214. The van der Waals surface area contributed by atoms with Crippen molar-refractivity contribution in [3.8, 4) is 0 Å². The lowest BCUT2D eigenvalue weighted by atomic mass is 10.0. The molecule has 0 aliphatic rings. The monoisotopic (exact) mass is 247 g/mol. The molecule has 18 heavy (non-hydrogen) atoms. The second kappa shape index (κ2) is 5.14. The van der Waals surface area contributed by atoms with Crippen LogP contribution >= 0.6 is 0 Å². The van der Waals surface area contributed by atoms with Crippen LogP contribution in [0.4, 0.5) is 4.39 Å². The average molecular weight is 247 g/mol. The summed E-state index contributed by atoms with van der Waals surface area (Å²) in [5, 5.41) is 12.7. The van der Waals surface area contributed by atoms with Crippen LogP contribution in [0.2, 0.25) is 0 Å². The molecule has 0 fully saturated rings. The van der Waals surface area contributed by atoms with Crippen molar-refractivity contribution in [2.75, 3.05) is 6.54 Å². The Morgan fingerprint density at radius 3 is 2.61 bits per heavy atom. The van der Waals surface area contributed by atoms with Crippen LogP contribution in [-0.2, 0) is 0 Å². The largest absolute Gasteiger partial charge is 0.392 e. The summed E-state index contributed by atoms with van der Waals surface area (Å²) < 4.78 is 13.6. The first-order chi connectivity index (χ1) is 8.59. The highest BCUT2D eigenvalue weighted by atomic mass is 19.1. The van der Waals surface area contributed by atoms with E-state index < -0.39 is 6.10 Å². The Bertz CT molecular complexity index is 581. The summed E-state index contributed by atoms with van der Waals surface area (Å²) in [6, 6.07) is 9.55. The molecule has 1 amide bonds. The first-order valence-corrected chi connectivity index (χ1v) is 5.73. The zero-order valence-electron chi connectivity index (χ0n) is 9.98. The summed E-state index contributed by atoms with van der Waals surface area (Å²) >= 11 is 0. The Morgan fingerprint density at radius 2 is 1.94 bits per heavy atom. The van der Waals surface area contributed by atoms with Crippen molar-refractivity contribution in [1.29, 1.82) is 0 Å². The molecule has 0 saturated heterocycles. The fourth-order valence-electron chi connectivity index (χ4n) is 1.80. The van der Waals surface area contributed by atoms with Gasteiger partial charge in [-0.3, -0.25) is 4.79 Å². The highest BCUT2D eigenvalue weighted by Crippen LogP contribution is 2.21. The predicted octanol–water partition coefficient (Wildman–Crippen LogP) is 2.09. The third-order valence-electron chi connectivity index (χ3n) is 2.67. The van der Waals surface area contributed by atoms with Crippen LogP contribution in [0.3, 0.4) is 0 Å². The minimum Gasteiger partial charge on any atom is -0.392 e. The predicted molar refractivity (Wildman–Crippen MR) is 67.9 cm³/mol. The number of hydrogen-bond acceptors (Lipinski definition) is 2. The van der Waals surface area contributed by atoms with Gasteiger partial charge in [-0.2, -0.15) is 0 Å². The first kappa shape index (κ1) is 12.5. The Kier molecular flexibility index (Phi) is 3.58. The van der Waals surface area contributed by atoms with Crippen molar-refractivity contribution in [2.45, 2.75) is 13.0 Å². The molecular formula is C14H14FNO2. The molecule has 1 unspecified atom stereocenters. The van der Waals surface area contributed by atoms with Gasteiger partial charge in [0.2, 0.25) is 0 Å². The zero-order valence-corrected chi connectivity index (χ0v) is 9.98. The van der Waals surface area contributed by atoms with E-state index in [1.165, 1.54) is 12.1 Å². The van der Waals surface area contributed by atoms with E-state index in [1.54, 1.807) is 31.2 Å². The molecule has 2 aromatic rings. The number of halogens is 1. The quantitative estimate of drug-likeness (QED) is 0.872. The van der Waals surface area contributed by atoms with Crippen molar-refractivity contribution in [1.82, 2.24) is 5.32 Å². The molecule has 0 heterocycles. The second-order valence-electron chi connectivity index (χ2n) is 4.20. The molecule has 0 bridgehead atoms. The molecule has 0 aliphatic carbocycles. The molecule has 4 heteroatoms. The molecular weight excluding hydrogens is 233 g/mol. The van der Waals surface area contributed by atoms with E-state index in [-0.39, 0.29) is 18.3 Å². The summed E-state index contributed by atoms with van der Waals surface area (Å²) in [7, 11) is 0. The number of hydrogen-bond donors (Lipinski definition) is 2. The molecule has 0 aliphatic heterocycles. The van der Waals surface area contributed by atoms with Crippen LogP contribution in [0.1, 0.15) is 17.3 Å². The van der Waals surface area contributed by atoms with Gasteiger partial charge in [-0.05, 0) is 24.4 Å². The number of aliphatic hydroxyl groups excluding tert-OH is 1. The Morgan fingerprint density at radius 1 is 1.28 bits per heavy atom. The molecule has 2 rings (SSSR count). The van der Waals surface area contributed by atoms with E-state index in [0.29, 0.717) is 16.3 Å². The lowest BCUT2D eigenvalue weighted by Crippen LogP contribution is -2.30. The van der Waals surface area contributed by atoms with E-state index in [2.05, 4.69) is 5.32 Å². The summed E-state index contributed by atoms with van der Waals surface area (Å²) in [4.78, 5) is 11.9. The van der Waals surface area contributed by atoms with Gasteiger partial charge in [-0.25, -0.2) is 4.39 Å². The summed E-state index contributed by atoms with van der Waals surface area (Å²) in [6.07, 6.45) is -0.610. The smallest absolute Gasteiger partial charge is 0.252 e. The van der Waals surface area contributed by atoms with Crippen LogP contribution in [-0.4, -0.2) is 23.7 Å². The third kappa shape index (κ3) is 2.49. The maximum Gasteiger partial charge on any atom is 0.252 e. The molecule has 3 nitrogen and oxygen atoms in total. The fourth-order valence-corrected chi connectivity index (χ4v) is 1.80. The number of fused-ring (bicyclic) bond motifs is 1. The minimum atomic E-state index is -0.610. The van der Waals surface area contributed by atoms with Gasteiger partial charge in [0.25, 0.3) is 5.91 Å². The Balaban J connectivity index is 2.39. The summed E-state index contributed by atoms with van der Waals surface area (Å²) in [6.45, 7) is 1.76. The summed E-state index contributed by atoms with van der Waals surface area (Å²) in [5.74, 6) is -0.662. The van der Waals surface area contributed by atoms with Gasteiger partial charge in [0.1, 0.15) is 5.82 Å². The summed E-state index contributed by atoms with van der Waals surface area (Å²) in [5.41, 5.74) is 0.410. The maximum absolute atomic E-state index is 13.6. The SMILES string of the molecule is CC(O)CNC(=O)c1ccc(F)c2ccccc12. The van der Waals surface area contributed by atoms with Crippen molar-refractivity contribution < 1.29 is 14.3 Å². The van der Waals surface area contributed by atoms with Gasteiger partial charge >= 0.3 is 0 Å². The molecule has 2 aromatic carbocycles. The van der Waals surface area contributed by atoms with E-state index in [0.717, 1.165) is 0 Å². The van der Waals surface area contributed by atoms with Crippen LogP contribution in [0.5, 0.6) is 0 Å². The number of benzene rings is 2. The highest BCUT2D eigenvalue weighted by molar-refractivity contribution is 6.07. The molecule has 0 spiro atoms. The van der Waals surface area contributed by atoms with Crippen LogP contribution in [0.15, 0.2) is 36.4 Å². The number of aliphatic hydroxyl groups is 1. The van der Waals surface area contributed by atoms with Crippen LogP contribution in [0, 0.1) is 5.82 Å². The number of carbonyl (C=O) groups excluding carboxylic acids is 1. The third-order valence-corrected chi connectivity index (χ3v) is 2.67. The van der Waals surface area contributed by atoms with Gasteiger partial charge in [-0.1, -0.05) is 24.3 Å². The van der Waals surface area contributed by atoms with Crippen LogP contribution in [0.25, 0.3) is 10.8 Å². The topological polar surface area (TPSA) is 49.3 Å². The minimum absolute atomic E-state index is 0.171. The number of nitrogens with one attached hydrogen (secondary N) is 1. The zero-order chi connectivity index (χ0) is 13.1. The first-order valence-electron chi connectivity index (χ1n) is 5.73. The van der Waals surface area contributed by atoms with E-state index in [1.807, 2.05) is 0 Å². The Labute approximate surface area is 104 Å². The Hall–Kier alpha value is -1.94. The number of rotatable bonds is 3. The normalized spacial score (nSPS) is 12.4. The van der Waals surface area contributed by atoms with Crippen molar-refractivity contribution in [3.63, 3.8) is 0 Å². The number of carbonyl (C=O) groups is 1. The standard InChI is InChI=1S/C14H14FNO2/c1-9(17)8-16-14(18)12-6-7-13(15)11-5-3-2-4-10(11)12/h2-7,9,17H,8H2,1H3,(H,16,18).